The molecule has 0 aromatic carbocycles. The van der Waals surface area contributed by atoms with Gasteiger partial charge in [-0.2, -0.15) is 0 Å². The lowest BCUT2D eigenvalue weighted by Crippen LogP contribution is -2.46. The third-order valence-corrected chi connectivity index (χ3v) is 3.49. The summed E-state index contributed by atoms with van der Waals surface area (Å²) in [6, 6.07) is 7.36. The molecule has 1 amide bonds. The minimum Gasteiger partial charge on any atom is -0.463 e. The molecule has 0 bridgehead atoms. The number of rotatable bonds is 2. The summed E-state index contributed by atoms with van der Waals surface area (Å²) in [6.07, 6.45) is 1.62. The Bertz CT molecular complexity index is 607. The summed E-state index contributed by atoms with van der Waals surface area (Å²) in [5.41, 5.74) is 2.16. The van der Waals surface area contributed by atoms with Gasteiger partial charge in [0.05, 0.1) is 17.5 Å². The molecule has 0 aliphatic carbocycles. The van der Waals surface area contributed by atoms with Crippen LogP contribution in [0.15, 0.2) is 34.9 Å². The highest BCUT2D eigenvalue weighted by atomic mass is 35.5. The molecular weight excluding hydrogens is 290 g/mol. The van der Waals surface area contributed by atoms with Gasteiger partial charge in [-0.3, -0.25) is 4.79 Å². The van der Waals surface area contributed by atoms with Crippen LogP contribution in [0.4, 0.5) is 0 Å². The molecule has 112 valence electrons. The van der Waals surface area contributed by atoms with Crippen LogP contribution < -0.4 is 5.32 Å². The van der Waals surface area contributed by atoms with Crippen molar-refractivity contribution in [3.05, 3.63) is 41.8 Å². The Labute approximate surface area is 129 Å². The summed E-state index contributed by atoms with van der Waals surface area (Å²) in [7, 11) is 0. The molecular formula is C15H18ClN3O2. The Hall–Kier alpha value is -1.85. The monoisotopic (exact) mass is 307 g/mol. The number of nitrogens with one attached hydrogen (secondary N) is 1. The van der Waals surface area contributed by atoms with Gasteiger partial charge in [0, 0.05) is 26.2 Å². The first-order valence-corrected chi connectivity index (χ1v) is 6.77. The van der Waals surface area contributed by atoms with Gasteiger partial charge in [-0.1, -0.05) is 0 Å². The Balaban J connectivity index is 0.00000161. The van der Waals surface area contributed by atoms with Crippen molar-refractivity contribution < 1.29 is 9.21 Å². The highest BCUT2D eigenvalue weighted by Gasteiger charge is 2.20. The second-order valence-corrected chi connectivity index (χ2v) is 4.85. The van der Waals surface area contributed by atoms with Crippen molar-refractivity contribution in [1.29, 1.82) is 0 Å². The van der Waals surface area contributed by atoms with E-state index in [1.807, 2.05) is 36.1 Å². The molecule has 2 aromatic rings. The molecule has 3 heterocycles. The summed E-state index contributed by atoms with van der Waals surface area (Å²) in [6.45, 7) is 5.06. The summed E-state index contributed by atoms with van der Waals surface area (Å²) >= 11 is 0. The molecule has 1 fully saturated rings. The van der Waals surface area contributed by atoms with E-state index in [0.29, 0.717) is 11.3 Å². The molecule has 1 aliphatic heterocycles. The maximum absolute atomic E-state index is 12.5. The Morgan fingerprint density at radius 1 is 1.29 bits per heavy atom. The summed E-state index contributed by atoms with van der Waals surface area (Å²) in [5, 5.41) is 3.24. The van der Waals surface area contributed by atoms with Crippen LogP contribution in [0.25, 0.3) is 11.5 Å². The topological polar surface area (TPSA) is 58.4 Å². The van der Waals surface area contributed by atoms with Crippen LogP contribution in [0.1, 0.15) is 16.1 Å². The second-order valence-electron chi connectivity index (χ2n) is 4.85. The van der Waals surface area contributed by atoms with Crippen molar-refractivity contribution in [3.63, 3.8) is 0 Å². The molecule has 1 N–H and O–H groups in total. The molecule has 0 radical (unpaired) electrons. The molecule has 3 rings (SSSR count). The quantitative estimate of drug-likeness (QED) is 0.923. The van der Waals surface area contributed by atoms with Crippen LogP contribution in [-0.4, -0.2) is 42.0 Å². The lowest BCUT2D eigenvalue weighted by molar-refractivity contribution is 0.0734. The van der Waals surface area contributed by atoms with Gasteiger partial charge >= 0.3 is 0 Å². The Kier molecular flexibility index (Phi) is 4.98. The SMILES string of the molecule is Cc1nc(-c2ccco2)ccc1C(=O)N1CCNCC1.Cl. The third kappa shape index (κ3) is 3.25. The number of nitrogens with zero attached hydrogens (tertiary/aromatic N) is 2. The molecule has 1 saturated heterocycles. The minimum absolute atomic E-state index is 0. The fourth-order valence-electron chi connectivity index (χ4n) is 2.39. The zero-order chi connectivity index (χ0) is 13.9. The number of amides is 1. The van der Waals surface area contributed by atoms with E-state index in [2.05, 4.69) is 10.3 Å². The number of hydrogen-bond donors (Lipinski definition) is 1. The van der Waals surface area contributed by atoms with Crippen LogP contribution in [0, 0.1) is 6.92 Å². The van der Waals surface area contributed by atoms with Crippen LogP contribution in [0.2, 0.25) is 0 Å². The number of carbonyl (C=O) groups is 1. The standard InChI is InChI=1S/C15H17N3O2.ClH/c1-11-12(15(19)18-8-6-16-7-9-18)4-5-13(17-11)14-3-2-10-20-14;/h2-5,10,16H,6-9H2,1H3;1H. The third-order valence-electron chi connectivity index (χ3n) is 3.49. The van der Waals surface area contributed by atoms with Crippen molar-refractivity contribution in [2.45, 2.75) is 6.92 Å². The summed E-state index contributed by atoms with van der Waals surface area (Å²) < 4.78 is 5.33. The van der Waals surface area contributed by atoms with E-state index in [4.69, 9.17) is 4.42 Å². The maximum Gasteiger partial charge on any atom is 0.255 e. The van der Waals surface area contributed by atoms with E-state index >= 15 is 0 Å². The fourth-order valence-corrected chi connectivity index (χ4v) is 2.39. The number of aryl methyl sites for hydroxylation is 1. The average molecular weight is 308 g/mol. The number of pyridine rings is 1. The van der Waals surface area contributed by atoms with Crippen molar-refractivity contribution in [3.8, 4) is 11.5 Å². The maximum atomic E-state index is 12.5. The van der Waals surface area contributed by atoms with Gasteiger partial charge in [0.25, 0.3) is 5.91 Å². The van der Waals surface area contributed by atoms with Gasteiger partial charge < -0.3 is 14.6 Å². The van der Waals surface area contributed by atoms with Crippen LogP contribution >= 0.6 is 12.4 Å². The van der Waals surface area contributed by atoms with E-state index in [0.717, 1.165) is 37.6 Å². The van der Waals surface area contributed by atoms with E-state index in [9.17, 15) is 4.79 Å². The van der Waals surface area contributed by atoms with Crippen molar-refractivity contribution in [2.75, 3.05) is 26.2 Å². The van der Waals surface area contributed by atoms with Crippen LogP contribution in [0.3, 0.4) is 0 Å². The average Bonchev–Trinajstić information content (AvgIpc) is 3.01. The first kappa shape index (κ1) is 15.5. The first-order valence-electron chi connectivity index (χ1n) is 6.77. The normalized spacial score (nSPS) is 14.6. The van der Waals surface area contributed by atoms with Crippen LogP contribution in [0.5, 0.6) is 0 Å². The molecule has 2 aromatic heterocycles. The van der Waals surface area contributed by atoms with Crippen molar-refractivity contribution in [1.82, 2.24) is 15.2 Å². The highest BCUT2D eigenvalue weighted by molar-refractivity contribution is 5.95. The number of aromatic nitrogens is 1. The number of piperazine rings is 1. The van der Waals surface area contributed by atoms with Gasteiger partial charge in [0.2, 0.25) is 0 Å². The molecule has 1 aliphatic rings. The second kappa shape index (κ2) is 6.74. The van der Waals surface area contributed by atoms with Crippen molar-refractivity contribution >= 4 is 18.3 Å². The predicted molar refractivity (Wildman–Crippen MR) is 82.7 cm³/mol. The lowest BCUT2D eigenvalue weighted by Gasteiger charge is -2.27. The number of halogens is 1. The largest absolute Gasteiger partial charge is 0.463 e. The summed E-state index contributed by atoms with van der Waals surface area (Å²) in [5.74, 6) is 0.775. The Morgan fingerprint density at radius 3 is 2.67 bits per heavy atom. The molecule has 0 unspecified atom stereocenters. The minimum atomic E-state index is 0. The predicted octanol–water partition coefficient (Wildman–Crippen LogP) is 2.12. The van der Waals surface area contributed by atoms with E-state index < -0.39 is 0 Å². The van der Waals surface area contributed by atoms with E-state index in [1.165, 1.54) is 0 Å². The zero-order valence-corrected chi connectivity index (χ0v) is 12.7. The molecule has 0 saturated carbocycles. The lowest BCUT2D eigenvalue weighted by atomic mass is 10.1. The van der Waals surface area contributed by atoms with Crippen molar-refractivity contribution in [2.24, 2.45) is 0 Å². The molecule has 6 heteroatoms. The van der Waals surface area contributed by atoms with Gasteiger partial charge in [-0.25, -0.2) is 4.98 Å². The number of carbonyl (C=O) groups excluding carboxylic acids is 1. The number of hydrogen-bond acceptors (Lipinski definition) is 4. The van der Waals surface area contributed by atoms with Gasteiger partial charge in [-0.05, 0) is 31.2 Å². The van der Waals surface area contributed by atoms with Crippen LogP contribution in [-0.2, 0) is 0 Å². The highest BCUT2D eigenvalue weighted by Crippen LogP contribution is 2.20. The fraction of sp³-hybridized carbons (Fsp3) is 0.333. The molecule has 5 nitrogen and oxygen atoms in total. The Morgan fingerprint density at radius 2 is 2.05 bits per heavy atom. The molecule has 0 atom stereocenters. The van der Waals surface area contributed by atoms with Gasteiger partial charge in [0.1, 0.15) is 5.69 Å². The first-order chi connectivity index (χ1) is 9.75. The molecule has 21 heavy (non-hydrogen) atoms. The zero-order valence-electron chi connectivity index (χ0n) is 11.8. The van der Waals surface area contributed by atoms with E-state index in [1.54, 1.807) is 6.26 Å². The molecule has 0 spiro atoms. The van der Waals surface area contributed by atoms with E-state index in [-0.39, 0.29) is 18.3 Å². The smallest absolute Gasteiger partial charge is 0.255 e. The summed E-state index contributed by atoms with van der Waals surface area (Å²) in [4.78, 5) is 18.8. The number of furan rings is 1. The van der Waals surface area contributed by atoms with Gasteiger partial charge in [-0.15, -0.1) is 12.4 Å². The van der Waals surface area contributed by atoms with Gasteiger partial charge in [0.15, 0.2) is 5.76 Å².